The van der Waals surface area contributed by atoms with E-state index in [4.69, 9.17) is 21.3 Å². The number of amidine groups is 1. The van der Waals surface area contributed by atoms with Crippen molar-refractivity contribution < 1.29 is 13.9 Å². The first-order chi connectivity index (χ1) is 12.6. The molecular weight excluding hydrogens is 377 g/mol. The number of esters is 1. The monoisotopic (exact) mass is 391 g/mol. The molecule has 1 unspecified atom stereocenters. The molecule has 2 aliphatic rings. The van der Waals surface area contributed by atoms with Gasteiger partial charge in [-0.15, -0.1) is 11.3 Å². The first-order valence-electron chi connectivity index (χ1n) is 8.20. The maximum Gasteiger partial charge on any atom is 0.338 e. The fraction of sp³-hybridized carbons (Fsp3) is 0.278. The molecule has 0 aliphatic carbocycles. The molecule has 2 aliphatic heterocycles. The second-order valence-electron chi connectivity index (χ2n) is 5.84. The predicted octanol–water partition coefficient (Wildman–Crippen LogP) is 3.96. The highest BCUT2D eigenvalue weighted by molar-refractivity contribution is 7.11. The summed E-state index contributed by atoms with van der Waals surface area (Å²) in [6.07, 6.45) is 2.46. The lowest BCUT2D eigenvalue weighted by Gasteiger charge is -2.42. The average molecular weight is 392 g/mol. The van der Waals surface area contributed by atoms with Crippen LogP contribution >= 0.6 is 22.9 Å². The summed E-state index contributed by atoms with van der Waals surface area (Å²) in [5.41, 5.74) is 1.91. The largest absolute Gasteiger partial charge is 0.463 e. The number of rotatable bonds is 4. The molecular formula is C18H15ClFN3O2S. The Morgan fingerprint density at radius 2 is 2.35 bits per heavy atom. The number of thiazole rings is 1. The van der Waals surface area contributed by atoms with E-state index >= 15 is 0 Å². The topological polar surface area (TPSA) is 54.8 Å². The number of fused-ring (bicyclic) bond motifs is 1. The molecule has 0 saturated carbocycles. The van der Waals surface area contributed by atoms with Gasteiger partial charge in [0.05, 0.1) is 12.2 Å². The number of carbonyl (C=O) groups is 1. The van der Waals surface area contributed by atoms with Crippen LogP contribution in [-0.4, -0.2) is 34.8 Å². The molecule has 1 saturated heterocycles. The van der Waals surface area contributed by atoms with Crippen LogP contribution in [0.4, 0.5) is 4.39 Å². The van der Waals surface area contributed by atoms with Crippen LogP contribution in [0, 0.1) is 5.82 Å². The van der Waals surface area contributed by atoms with Crippen LogP contribution in [0.2, 0.25) is 5.02 Å². The van der Waals surface area contributed by atoms with Gasteiger partial charge in [0, 0.05) is 40.8 Å². The lowest BCUT2D eigenvalue weighted by molar-refractivity contribution is -0.139. The van der Waals surface area contributed by atoms with Crippen molar-refractivity contribution in [2.24, 2.45) is 4.99 Å². The summed E-state index contributed by atoms with van der Waals surface area (Å²) in [6.45, 7) is 2.79. The van der Waals surface area contributed by atoms with Gasteiger partial charge in [-0.25, -0.2) is 14.2 Å². The van der Waals surface area contributed by atoms with E-state index in [2.05, 4.69) is 4.98 Å². The molecule has 2 aromatic rings. The van der Waals surface area contributed by atoms with Crippen molar-refractivity contribution in [3.05, 3.63) is 62.5 Å². The minimum atomic E-state index is -0.646. The van der Waals surface area contributed by atoms with Gasteiger partial charge in [0.2, 0.25) is 0 Å². The van der Waals surface area contributed by atoms with Crippen LogP contribution in [0.1, 0.15) is 30.0 Å². The van der Waals surface area contributed by atoms with E-state index in [-0.39, 0.29) is 11.6 Å². The first-order valence-corrected chi connectivity index (χ1v) is 9.46. The number of benzene rings is 1. The van der Waals surface area contributed by atoms with Crippen molar-refractivity contribution in [2.75, 3.05) is 13.2 Å². The van der Waals surface area contributed by atoms with Gasteiger partial charge in [-0.3, -0.25) is 4.99 Å². The second kappa shape index (κ2) is 6.81. The summed E-state index contributed by atoms with van der Waals surface area (Å²) in [5, 5.41) is 2.88. The van der Waals surface area contributed by atoms with E-state index in [1.54, 1.807) is 19.2 Å². The van der Waals surface area contributed by atoms with Crippen molar-refractivity contribution in [2.45, 2.75) is 19.4 Å². The molecule has 3 heterocycles. The zero-order chi connectivity index (χ0) is 18.3. The van der Waals surface area contributed by atoms with Crippen LogP contribution in [0.5, 0.6) is 0 Å². The molecule has 1 atom stereocenters. The minimum Gasteiger partial charge on any atom is -0.463 e. The Kier molecular flexibility index (Phi) is 4.50. The Balaban J connectivity index is 1.86. The van der Waals surface area contributed by atoms with Crippen molar-refractivity contribution in [3.63, 3.8) is 0 Å². The van der Waals surface area contributed by atoms with E-state index in [0.29, 0.717) is 17.0 Å². The summed E-state index contributed by atoms with van der Waals surface area (Å²) in [6, 6.07) is 3.48. The van der Waals surface area contributed by atoms with E-state index in [0.717, 1.165) is 23.7 Å². The van der Waals surface area contributed by atoms with Gasteiger partial charge in [-0.2, -0.15) is 0 Å². The highest BCUT2D eigenvalue weighted by Crippen LogP contribution is 2.43. The zero-order valence-electron chi connectivity index (χ0n) is 13.9. The Labute approximate surface area is 158 Å². The highest BCUT2D eigenvalue weighted by atomic mass is 35.5. The molecule has 0 N–H and O–H groups in total. The molecule has 1 aromatic carbocycles. The molecule has 1 fully saturated rings. The molecule has 0 radical (unpaired) electrons. The Bertz CT molecular complexity index is 927. The summed E-state index contributed by atoms with van der Waals surface area (Å²) in [7, 11) is 0. The van der Waals surface area contributed by atoms with E-state index in [9.17, 15) is 9.18 Å². The molecule has 26 heavy (non-hydrogen) atoms. The van der Waals surface area contributed by atoms with Crippen LogP contribution in [0.25, 0.3) is 0 Å². The lowest BCUT2D eigenvalue weighted by atomic mass is 9.90. The lowest BCUT2D eigenvalue weighted by Crippen LogP contribution is -2.46. The van der Waals surface area contributed by atoms with E-state index in [1.165, 1.54) is 23.5 Å². The number of ether oxygens (including phenoxy) is 1. The summed E-state index contributed by atoms with van der Waals surface area (Å²) < 4.78 is 18.8. The number of aliphatic imine (C=N–C) groups is 1. The van der Waals surface area contributed by atoms with Gasteiger partial charge >= 0.3 is 5.97 Å². The summed E-state index contributed by atoms with van der Waals surface area (Å²) in [4.78, 5) is 23.7. The van der Waals surface area contributed by atoms with Crippen LogP contribution < -0.4 is 0 Å². The van der Waals surface area contributed by atoms with Gasteiger partial charge in [-0.1, -0.05) is 17.7 Å². The molecule has 1 aromatic heterocycles. The Morgan fingerprint density at radius 1 is 1.50 bits per heavy atom. The van der Waals surface area contributed by atoms with E-state index < -0.39 is 17.8 Å². The molecule has 134 valence electrons. The second-order valence-corrected chi connectivity index (χ2v) is 7.14. The number of nitrogens with zero attached hydrogens (tertiary/aromatic N) is 3. The van der Waals surface area contributed by atoms with Crippen LogP contribution in [-0.2, 0) is 9.53 Å². The normalized spacial score (nSPS) is 19.0. The van der Waals surface area contributed by atoms with Gasteiger partial charge < -0.3 is 9.64 Å². The highest BCUT2D eigenvalue weighted by Gasteiger charge is 2.41. The Hall–Kier alpha value is -2.25. The quantitative estimate of drug-likeness (QED) is 0.740. The fourth-order valence-corrected chi connectivity index (χ4v) is 4.07. The third-order valence-corrected chi connectivity index (χ3v) is 5.46. The van der Waals surface area contributed by atoms with Crippen molar-refractivity contribution in [1.29, 1.82) is 0 Å². The Morgan fingerprint density at radius 3 is 2.96 bits per heavy atom. The number of halogens is 2. The molecule has 8 heteroatoms. The van der Waals surface area contributed by atoms with Crippen LogP contribution in [0.15, 0.2) is 46.0 Å². The molecule has 0 bridgehead atoms. The molecule has 4 rings (SSSR count). The van der Waals surface area contributed by atoms with Crippen molar-refractivity contribution in [1.82, 2.24) is 9.88 Å². The number of aromatic nitrogens is 1. The number of hydrogen-bond acceptors (Lipinski definition) is 6. The first kappa shape index (κ1) is 17.2. The van der Waals surface area contributed by atoms with Gasteiger partial charge in [0.15, 0.2) is 10.8 Å². The molecule has 0 amide bonds. The van der Waals surface area contributed by atoms with Gasteiger partial charge in [0.25, 0.3) is 0 Å². The van der Waals surface area contributed by atoms with Crippen molar-refractivity contribution >= 4 is 34.7 Å². The third kappa shape index (κ3) is 2.81. The minimum absolute atomic E-state index is 0.229. The van der Waals surface area contributed by atoms with Gasteiger partial charge in [-0.05, 0) is 19.1 Å². The maximum absolute atomic E-state index is 13.5. The number of hydrogen-bond donors (Lipinski definition) is 0. The maximum atomic E-state index is 13.5. The fourth-order valence-electron chi connectivity index (χ4n) is 3.15. The predicted molar refractivity (Wildman–Crippen MR) is 97.8 cm³/mol. The average Bonchev–Trinajstić information content (AvgIpc) is 3.10. The SMILES string of the molecule is CCOC(=O)C1=C2CCN2C(c2nccs2)=NC1c1ccc(F)cc1Cl. The number of carbonyl (C=O) groups excluding carboxylic acids is 1. The standard InChI is InChI=1S/C18H15ClFN3O2S/c1-2-25-18(24)14-13-5-7-23(13)16(17-21-6-8-26-17)22-15(14)11-4-3-10(20)9-12(11)19/h3-4,6,8-9,15H,2,5,7H2,1H3. The molecule has 0 spiro atoms. The van der Waals surface area contributed by atoms with E-state index in [1.807, 2.05) is 10.3 Å². The van der Waals surface area contributed by atoms with Crippen molar-refractivity contribution in [3.8, 4) is 0 Å². The van der Waals surface area contributed by atoms with Crippen LogP contribution in [0.3, 0.4) is 0 Å². The molecule has 5 nitrogen and oxygen atoms in total. The van der Waals surface area contributed by atoms with Gasteiger partial charge in [0.1, 0.15) is 11.9 Å². The third-order valence-electron chi connectivity index (χ3n) is 4.37. The summed E-state index contributed by atoms with van der Waals surface area (Å²) >= 11 is 7.75. The zero-order valence-corrected chi connectivity index (χ0v) is 15.5. The summed E-state index contributed by atoms with van der Waals surface area (Å²) in [5.74, 6) is -0.145. The smallest absolute Gasteiger partial charge is 0.338 e.